The normalized spacial score (nSPS) is 14.0. The number of methoxy groups -OCH3 is 1. The minimum absolute atomic E-state index is 0.166. The zero-order valence-corrected chi connectivity index (χ0v) is 14.8. The van der Waals surface area contributed by atoms with Crippen LogP contribution in [0.5, 0.6) is 11.5 Å². The Morgan fingerprint density at radius 3 is 2.62 bits per heavy atom. The summed E-state index contributed by atoms with van der Waals surface area (Å²) in [4.78, 5) is 11.7. The molecule has 0 unspecified atom stereocenters. The molecule has 1 aliphatic carbocycles. The van der Waals surface area contributed by atoms with Gasteiger partial charge in [0.05, 0.1) is 7.11 Å². The molecule has 1 aromatic carbocycles. The summed E-state index contributed by atoms with van der Waals surface area (Å²) < 4.78 is 5.22. The summed E-state index contributed by atoms with van der Waals surface area (Å²) in [7, 11) is 1.57. The molecular weight excluding hydrogens is 302 g/mol. The largest absolute Gasteiger partial charge is 0.504 e. The Morgan fingerprint density at radius 2 is 2.00 bits per heavy atom. The van der Waals surface area contributed by atoms with Gasteiger partial charge in [-0.3, -0.25) is 0 Å². The summed E-state index contributed by atoms with van der Waals surface area (Å²) in [6.45, 7) is 7.00. The number of anilines is 1. The van der Waals surface area contributed by atoms with Crippen molar-refractivity contribution in [1.82, 2.24) is 9.97 Å². The molecule has 24 heavy (non-hydrogen) atoms. The summed E-state index contributed by atoms with van der Waals surface area (Å²) in [5.74, 6) is 2.85. The number of aromatic hydroxyl groups is 1. The predicted octanol–water partition coefficient (Wildman–Crippen LogP) is 3.79. The molecule has 1 aromatic heterocycles. The topological polar surface area (TPSA) is 58.5 Å². The summed E-state index contributed by atoms with van der Waals surface area (Å²) in [5.41, 5.74) is 2.09. The molecule has 0 bridgehead atoms. The van der Waals surface area contributed by atoms with Crippen molar-refractivity contribution in [3.05, 3.63) is 41.3 Å². The molecule has 0 saturated heterocycles. The highest BCUT2D eigenvalue weighted by molar-refractivity contribution is 5.47. The van der Waals surface area contributed by atoms with Gasteiger partial charge in [0.1, 0.15) is 11.6 Å². The Labute approximate surface area is 143 Å². The van der Waals surface area contributed by atoms with Crippen molar-refractivity contribution in [3.8, 4) is 11.5 Å². The van der Waals surface area contributed by atoms with Gasteiger partial charge in [0.25, 0.3) is 0 Å². The highest BCUT2D eigenvalue weighted by atomic mass is 16.5. The van der Waals surface area contributed by atoms with E-state index in [1.807, 2.05) is 19.1 Å². The number of benzene rings is 1. The van der Waals surface area contributed by atoms with Crippen molar-refractivity contribution < 1.29 is 9.84 Å². The third-order valence-corrected chi connectivity index (χ3v) is 4.25. The van der Waals surface area contributed by atoms with E-state index in [1.54, 1.807) is 13.2 Å². The molecule has 1 saturated carbocycles. The number of ether oxygens (including phenoxy) is 1. The molecule has 0 atom stereocenters. The first-order valence-corrected chi connectivity index (χ1v) is 8.46. The Morgan fingerprint density at radius 1 is 1.25 bits per heavy atom. The number of rotatable bonds is 6. The second-order valence-electron chi connectivity index (χ2n) is 6.75. The van der Waals surface area contributed by atoms with Crippen molar-refractivity contribution in [1.29, 1.82) is 0 Å². The highest BCUT2D eigenvalue weighted by Crippen LogP contribution is 2.34. The molecule has 1 fully saturated rings. The van der Waals surface area contributed by atoms with E-state index in [1.165, 1.54) is 12.8 Å². The van der Waals surface area contributed by atoms with E-state index in [9.17, 15) is 5.11 Å². The molecule has 0 amide bonds. The molecule has 0 spiro atoms. The Bertz CT molecular complexity index is 727. The number of hydrogen-bond acceptors (Lipinski definition) is 5. The first-order chi connectivity index (χ1) is 11.5. The summed E-state index contributed by atoms with van der Waals surface area (Å²) in [6, 6.07) is 8.10. The van der Waals surface area contributed by atoms with Crippen LogP contribution < -0.4 is 9.64 Å². The van der Waals surface area contributed by atoms with Gasteiger partial charge in [0, 0.05) is 30.3 Å². The lowest BCUT2D eigenvalue weighted by molar-refractivity contribution is 0.373. The standard InChI is InChI=1S/C19H25N3O2/c1-12(2)19-20-13(3)9-18(21-19)22(15-6-7-15)11-14-5-8-16(23)17(10-14)24-4/h5,8-10,12,15,23H,6-7,11H2,1-4H3. The number of aryl methyl sites for hydroxylation is 1. The molecule has 128 valence electrons. The zero-order valence-electron chi connectivity index (χ0n) is 14.8. The molecule has 1 aliphatic rings. The molecule has 2 aromatic rings. The summed E-state index contributed by atoms with van der Waals surface area (Å²) >= 11 is 0. The average molecular weight is 327 g/mol. The highest BCUT2D eigenvalue weighted by Gasteiger charge is 2.30. The number of phenolic OH excluding ortho intramolecular Hbond substituents is 1. The van der Waals surface area contributed by atoms with Gasteiger partial charge in [-0.2, -0.15) is 0 Å². The van der Waals surface area contributed by atoms with Crippen molar-refractivity contribution in [2.24, 2.45) is 0 Å². The minimum atomic E-state index is 0.166. The zero-order chi connectivity index (χ0) is 17.3. The molecule has 1 heterocycles. The van der Waals surface area contributed by atoms with Crippen LogP contribution in [0.4, 0.5) is 5.82 Å². The molecule has 1 N–H and O–H groups in total. The van der Waals surface area contributed by atoms with Crippen LogP contribution in [0, 0.1) is 6.92 Å². The Kier molecular flexibility index (Phi) is 4.60. The predicted molar refractivity (Wildman–Crippen MR) is 94.7 cm³/mol. The first-order valence-electron chi connectivity index (χ1n) is 8.46. The van der Waals surface area contributed by atoms with Gasteiger partial charge in [-0.1, -0.05) is 19.9 Å². The van der Waals surface area contributed by atoms with Crippen LogP contribution in [-0.2, 0) is 6.54 Å². The molecule has 3 rings (SSSR count). The third kappa shape index (κ3) is 3.61. The average Bonchev–Trinajstić information content (AvgIpc) is 3.38. The van der Waals surface area contributed by atoms with Crippen LogP contribution in [0.2, 0.25) is 0 Å². The summed E-state index contributed by atoms with van der Waals surface area (Å²) in [6.07, 6.45) is 2.38. The van der Waals surface area contributed by atoms with Gasteiger partial charge in [-0.25, -0.2) is 9.97 Å². The maximum absolute atomic E-state index is 9.78. The summed E-state index contributed by atoms with van der Waals surface area (Å²) in [5, 5.41) is 9.78. The Balaban J connectivity index is 1.91. The van der Waals surface area contributed by atoms with Crippen molar-refractivity contribution in [2.45, 2.75) is 52.1 Å². The Hall–Kier alpha value is -2.30. The lowest BCUT2D eigenvalue weighted by Crippen LogP contribution is -2.26. The fourth-order valence-electron chi connectivity index (χ4n) is 2.78. The number of nitrogens with zero attached hydrogens (tertiary/aromatic N) is 3. The molecule has 5 heteroatoms. The van der Waals surface area contributed by atoms with E-state index in [-0.39, 0.29) is 5.75 Å². The SMILES string of the molecule is COc1cc(CN(c2cc(C)nc(C(C)C)n2)C2CC2)ccc1O. The van der Waals surface area contributed by atoms with E-state index in [4.69, 9.17) is 9.72 Å². The van der Waals surface area contributed by atoms with E-state index < -0.39 is 0 Å². The van der Waals surface area contributed by atoms with Crippen LogP contribution in [0.15, 0.2) is 24.3 Å². The fourth-order valence-corrected chi connectivity index (χ4v) is 2.78. The van der Waals surface area contributed by atoms with Gasteiger partial charge >= 0.3 is 0 Å². The van der Waals surface area contributed by atoms with Crippen LogP contribution in [0.3, 0.4) is 0 Å². The third-order valence-electron chi connectivity index (χ3n) is 4.25. The molecular formula is C19H25N3O2. The quantitative estimate of drug-likeness (QED) is 0.874. The van der Waals surface area contributed by atoms with Crippen LogP contribution >= 0.6 is 0 Å². The molecule has 0 aliphatic heterocycles. The van der Waals surface area contributed by atoms with Gasteiger partial charge in [-0.05, 0) is 37.5 Å². The maximum atomic E-state index is 9.78. The van der Waals surface area contributed by atoms with Crippen molar-refractivity contribution in [3.63, 3.8) is 0 Å². The number of aromatic nitrogens is 2. The van der Waals surface area contributed by atoms with Crippen LogP contribution in [-0.4, -0.2) is 28.2 Å². The fraction of sp³-hybridized carbons (Fsp3) is 0.474. The van der Waals surface area contributed by atoms with E-state index >= 15 is 0 Å². The van der Waals surface area contributed by atoms with E-state index in [0.29, 0.717) is 17.7 Å². The second kappa shape index (κ2) is 6.67. The number of hydrogen-bond donors (Lipinski definition) is 1. The second-order valence-corrected chi connectivity index (χ2v) is 6.75. The number of phenols is 1. The van der Waals surface area contributed by atoms with Gasteiger partial charge in [0.15, 0.2) is 11.5 Å². The van der Waals surface area contributed by atoms with Crippen molar-refractivity contribution in [2.75, 3.05) is 12.0 Å². The lowest BCUT2D eigenvalue weighted by Gasteiger charge is -2.25. The lowest BCUT2D eigenvalue weighted by atomic mass is 10.1. The van der Waals surface area contributed by atoms with Gasteiger partial charge < -0.3 is 14.7 Å². The van der Waals surface area contributed by atoms with E-state index in [0.717, 1.165) is 29.4 Å². The minimum Gasteiger partial charge on any atom is -0.504 e. The van der Waals surface area contributed by atoms with Gasteiger partial charge in [0.2, 0.25) is 0 Å². The molecule has 5 nitrogen and oxygen atoms in total. The van der Waals surface area contributed by atoms with Crippen LogP contribution in [0.1, 0.15) is 49.7 Å². The monoisotopic (exact) mass is 327 g/mol. The van der Waals surface area contributed by atoms with Crippen molar-refractivity contribution >= 4 is 5.82 Å². The maximum Gasteiger partial charge on any atom is 0.160 e. The van der Waals surface area contributed by atoms with E-state index in [2.05, 4.69) is 29.8 Å². The van der Waals surface area contributed by atoms with Crippen LogP contribution in [0.25, 0.3) is 0 Å². The molecule has 0 radical (unpaired) electrons. The first kappa shape index (κ1) is 16.6. The smallest absolute Gasteiger partial charge is 0.160 e. The van der Waals surface area contributed by atoms with Gasteiger partial charge in [-0.15, -0.1) is 0 Å².